The third-order valence-electron chi connectivity index (χ3n) is 5.35. The zero-order valence-corrected chi connectivity index (χ0v) is 20.1. The van der Waals surface area contributed by atoms with Crippen molar-refractivity contribution in [2.75, 3.05) is 26.2 Å². The van der Waals surface area contributed by atoms with Crippen LogP contribution >= 0.6 is 11.3 Å². The number of carbonyl (C=O) groups is 2. The first-order valence-corrected chi connectivity index (χ1v) is 11.4. The van der Waals surface area contributed by atoms with E-state index < -0.39 is 24.3 Å². The molecule has 2 saturated heterocycles. The predicted octanol–water partition coefficient (Wildman–Crippen LogP) is 4.33. The van der Waals surface area contributed by atoms with Crippen LogP contribution < -0.4 is 0 Å². The highest BCUT2D eigenvalue weighted by Gasteiger charge is 2.47. The van der Waals surface area contributed by atoms with E-state index in [1.807, 2.05) is 6.92 Å². The van der Waals surface area contributed by atoms with Crippen molar-refractivity contribution in [3.63, 3.8) is 0 Å². The fourth-order valence-corrected chi connectivity index (χ4v) is 4.54. The van der Waals surface area contributed by atoms with E-state index in [0.717, 1.165) is 24.6 Å². The van der Waals surface area contributed by atoms with Gasteiger partial charge in [0.25, 0.3) is 0 Å². The Hall–Kier alpha value is -2.65. The highest BCUT2D eigenvalue weighted by molar-refractivity contribution is 7.09. The van der Waals surface area contributed by atoms with E-state index in [4.69, 9.17) is 24.2 Å². The highest BCUT2D eigenvalue weighted by atomic mass is 32.1. The SMILES string of the molecule is Cc1ccc(CN2CC3(CCN(Cc4csc(C)n4)C3)C2)o1.O=C(O)C(F)(F)F.O=C(O)C(F)(F)F. The maximum absolute atomic E-state index is 10.6. The number of nitrogens with zero attached hydrogens (tertiary/aromatic N) is 3. The molecule has 0 radical (unpaired) electrons. The molecule has 15 heteroatoms. The van der Waals surface area contributed by atoms with Crippen molar-refractivity contribution in [2.45, 2.75) is 45.7 Å². The van der Waals surface area contributed by atoms with Crippen molar-refractivity contribution >= 4 is 23.3 Å². The molecule has 0 aromatic carbocycles. The second kappa shape index (κ2) is 11.6. The van der Waals surface area contributed by atoms with Crippen LogP contribution in [0.4, 0.5) is 26.3 Å². The van der Waals surface area contributed by atoms with Gasteiger partial charge < -0.3 is 14.6 Å². The number of carboxylic acid groups (broad SMARTS) is 2. The lowest BCUT2D eigenvalue weighted by molar-refractivity contribution is -0.193. The van der Waals surface area contributed by atoms with Crippen LogP contribution in [0.2, 0.25) is 0 Å². The molecule has 0 aliphatic carbocycles. The van der Waals surface area contributed by atoms with Gasteiger partial charge >= 0.3 is 24.3 Å². The topological polar surface area (TPSA) is 107 Å². The summed E-state index contributed by atoms with van der Waals surface area (Å²) in [6.45, 7) is 10.9. The third-order valence-corrected chi connectivity index (χ3v) is 6.17. The first-order valence-electron chi connectivity index (χ1n) is 10.5. The Bertz CT molecular complexity index is 1010. The monoisotopic (exact) mass is 545 g/mol. The molecule has 0 atom stereocenters. The lowest BCUT2D eigenvalue weighted by atomic mass is 9.79. The molecule has 2 aromatic heterocycles. The molecule has 8 nitrogen and oxygen atoms in total. The van der Waals surface area contributed by atoms with Crippen molar-refractivity contribution in [1.29, 1.82) is 0 Å². The number of likely N-dealkylation sites (tertiary alicyclic amines) is 2. The molecule has 2 aliphatic heterocycles. The Morgan fingerprint density at radius 2 is 1.53 bits per heavy atom. The Morgan fingerprint density at radius 1 is 1.00 bits per heavy atom. The van der Waals surface area contributed by atoms with Crippen molar-refractivity contribution in [3.8, 4) is 0 Å². The Kier molecular flexibility index (Phi) is 9.53. The summed E-state index contributed by atoms with van der Waals surface area (Å²) >= 11 is 1.75. The highest BCUT2D eigenvalue weighted by Crippen LogP contribution is 2.40. The van der Waals surface area contributed by atoms with Gasteiger partial charge in [-0.2, -0.15) is 26.3 Å². The maximum Gasteiger partial charge on any atom is 0.490 e. The average molecular weight is 546 g/mol. The van der Waals surface area contributed by atoms with Gasteiger partial charge in [-0.05, 0) is 38.9 Å². The molecule has 2 fully saturated rings. The second-order valence-electron chi connectivity index (χ2n) is 8.58. The molecule has 4 rings (SSSR count). The minimum atomic E-state index is -5.08. The molecule has 4 heterocycles. The van der Waals surface area contributed by atoms with Gasteiger partial charge in [0.15, 0.2) is 0 Å². The van der Waals surface area contributed by atoms with Gasteiger partial charge in [-0.25, -0.2) is 14.6 Å². The number of aromatic nitrogens is 1. The Balaban J connectivity index is 0.000000271. The number of furan rings is 1. The van der Waals surface area contributed by atoms with E-state index >= 15 is 0 Å². The van der Waals surface area contributed by atoms with E-state index in [1.54, 1.807) is 11.3 Å². The van der Waals surface area contributed by atoms with Crippen LogP contribution in [0.1, 0.15) is 28.6 Å². The summed E-state index contributed by atoms with van der Waals surface area (Å²) in [5.74, 6) is -3.41. The predicted molar refractivity (Wildman–Crippen MR) is 115 cm³/mol. The number of aliphatic carboxylic acids is 2. The number of halogens is 6. The van der Waals surface area contributed by atoms with Gasteiger partial charge in [-0.3, -0.25) is 9.80 Å². The molecule has 2 N–H and O–H groups in total. The van der Waals surface area contributed by atoms with Gasteiger partial charge in [0, 0.05) is 37.0 Å². The summed E-state index contributed by atoms with van der Waals surface area (Å²) in [5.41, 5.74) is 1.76. The quantitative estimate of drug-likeness (QED) is 0.547. The molecule has 2 aromatic rings. The molecule has 0 unspecified atom stereocenters. The summed E-state index contributed by atoms with van der Waals surface area (Å²) < 4.78 is 69.2. The van der Waals surface area contributed by atoms with Crippen molar-refractivity contribution < 1.29 is 50.6 Å². The second-order valence-corrected chi connectivity index (χ2v) is 9.64. The summed E-state index contributed by atoms with van der Waals surface area (Å²) in [7, 11) is 0. The van der Waals surface area contributed by atoms with Gasteiger partial charge in [0.2, 0.25) is 0 Å². The number of hydrogen-bond acceptors (Lipinski definition) is 7. The largest absolute Gasteiger partial charge is 0.490 e. The van der Waals surface area contributed by atoms with Crippen molar-refractivity contribution in [1.82, 2.24) is 14.8 Å². The summed E-state index contributed by atoms with van der Waals surface area (Å²) in [6.07, 6.45) is -8.84. The van der Waals surface area contributed by atoms with Crippen LogP contribution in [0.5, 0.6) is 0 Å². The number of aryl methyl sites for hydroxylation is 2. The van der Waals surface area contributed by atoms with Crippen LogP contribution in [0, 0.1) is 19.3 Å². The standard InChI is InChI=1S/C17H23N3OS.2C2HF3O2/c1-13-3-4-16(21-13)8-20-11-17(12-20)5-6-19(10-17)7-15-9-22-14(2)18-15;2*3-2(4,5)1(6)7/h3-4,9H,5-8,10-12H2,1-2H3;2*(H,6,7). The van der Waals surface area contributed by atoms with Gasteiger partial charge in [0.05, 0.1) is 17.2 Å². The van der Waals surface area contributed by atoms with E-state index in [9.17, 15) is 26.3 Å². The van der Waals surface area contributed by atoms with Crippen LogP contribution in [0.25, 0.3) is 0 Å². The fourth-order valence-electron chi connectivity index (χ4n) is 3.94. The van der Waals surface area contributed by atoms with E-state index in [1.165, 1.54) is 43.3 Å². The number of carboxylic acids is 2. The lowest BCUT2D eigenvalue weighted by Gasteiger charge is -2.48. The van der Waals surface area contributed by atoms with Crippen LogP contribution in [0.15, 0.2) is 21.9 Å². The van der Waals surface area contributed by atoms with Gasteiger partial charge in [-0.1, -0.05) is 0 Å². The summed E-state index contributed by atoms with van der Waals surface area (Å²) in [4.78, 5) is 27.5. The minimum absolute atomic E-state index is 0.521. The Labute approximate surface area is 206 Å². The zero-order chi connectivity index (χ0) is 27.3. The van der Waals surface area contributed by atoms with Gasteiger partial charge in [-0.15, -0.1) is 11.3 Å². The number of hydrogen-bond donors (Lipinski definition) is 2. The first-order chi connectivity index (χ1) is 16.5. The molecular weight excluding hydrogens is 520 g/mol. The fraction of sp³-hybridized carbons (Fsp3) is 0.571. The minimum Gasteiger partial charge on any atom is -0.475 e. The molecule has 0 saturated carbocycles. The van der Waals surface area contributed by atoms with E-state index in [2.05, 4.69) is 39.2 Å². The molecule has 0 amide bonds. The molecule has 202 valence electrons. The summed E-state index contributed by atoms with van der Waals surface area (Å²) in [6, 6.07) is 4.16. The zero-order valence-electron chi connectivity index (χ0n) is 19.3. The van der Waals surface area contributed by atoms with E-state index in [0.29, 0.717) is 5.41 Å². The molecule has 0 bridgehead atoms. The lowest BCUT2D eigenvalue weighted by Crippen LogP contribution is -2.56. The number of alkyl halides is 6. The number of rotatable bonds is 4. The van der Waals surface area contributed by atoms with Crippen molar-refractivity contribution in [2.24, 2.45) is 5.41 Å². The molecule has 2 aliphatic rings. The average Bonchev–Trinajstić information content (AvgIpc) is 3.42. The van der Waals surface area contributed by atoms with Crippen LogP contribution in [-0.4, -0.2) is 75.5 Å². The first kappa shape index (κ1) is 29.6. The maximum atomic E-state index is 10.6. The van der Waals surface area contributed by atoms with Crippen molar-refractivity contribution in [3.05, 3.63) is 39.7 Å². The number of thiazole rings is 1. The third kappa shape index (κ3) is 9.09. The normalized spacial score (nSPS) is 17.6. The molecule has 36 heavy (non-hydrogen) atoms. The summed E-state index contributed by atoms with van der Waals surface area (Å²) in [5, 5.41) is 17.6. The molecule has 1 spiro atoms. The smallest absolute Gasteiger partial charge is 0.475 e. The van der Waals surface area contributed by atoms with E-state index in [-0.39, 0.29) is 0 Å². The van der Waals surface area contributed by atoms with Gasteiger partial charge in [0.1, 0.15) is 11.5 Å². The van der Waals surface area contributed by atoms with Crippen LogP contribution in [0.3, 0.4) is 0 Å². The Morgan fingerprint density at radius 3 is 1.94 bits per heavy atom. The van der Waals surface area contributed by atoms with Crippen LogP contribution in [-0.2, 0) is 22.7 Å². The molecular formula is C21H25F6N3O5S.